The van der Waals surface area contributed by atoms with Gasteiger partial charge in [0, 0.05) is 0 Å². The van der Waals surface area contributed by atoms with Gasteiger partial charge in [-0.25, -0.2) is 0 Å². The van der Waals surface area contributed by atoms with Crippen LogP contribution in [-0.2, 0) is 8.83 Å². The Morgan fingerprint density at radius 3 is 2.84 bits per heavy atom. The third-order valence-electron chi connectivity index (χ3n) is 6.53. The Labute approximate surface area is 153 Å². The van der Waals surface area contributed by atoms with Gasteiger partial charge in [-0.05, 0) is 0 Å². The Morgan fingerprint density at radius 2 is 2.08 bits per heavy atom. The van der Waals surface area contributed by atoms with Crippen LogP contribution in [0.15, 0.2) is 23.3 Å². The number of fused-ring (bicyclic) bond motifs is 3. The van der Waals surface area contributed by atoms with Gasteiger partial charge in [0.05, 0.1) is 0 Å². The summed E-state index contributed by atoms with van der Waals surface area (Å²) < 4.78 is 9.44. The molecular formula is C18H32O5P2. The van der Waals surface area contributed by atoms with E-state index in [1.807, 2.05) is 6.08 Å². The van der Waals surface area contributed by atoms with Gasteiger partial charge >= 0.3 is 153 Å². The molecule has 3 aliphatic carbocycles. The fraction of sp³-hybridized carbons (Fsp3) is 0.778. The monoisotopic (exact) mass is 390 g/mol. The van der Waals surface area contributed by atoms with E-state index >= 15 is 0 Å². The summed E-state index contributed by atoms with van der Waals surface area (Å²) in [6.45, 7) is 5.02. The second-order valence-electron chi connectivity index (χ2n) is 8.39. The summed E-state index contributed by atoms with van der Waals surface area (Å²) in [6.07, 6.45) is 13.1. The quantitative estimate of drug-likeness (QED) is 0.606. The molecule has 3 aliphatic rings. The van der Waals surface area contributed by atoms with E-state index in [-0.39, 0.29) is 6.61 Å². The molecule has 0 amide bonds. The molecule has 0 radical (unpaired) electrons. The SMILES string of the molecule is CC1(C)CCCC2[C@@H]3CC/C(=C/CO[PH](O)(O)OPO)C=C3CC[C@@H]21. The van der Waals surface area contributed by atoms with Crippen LogP contribution < -0.4 is 0 Å². The Bertz CT molecular complexity index is 544. The molecular weight excluding hydrogens is 358 g/mol. The topological polar surface area (TPSA) is 79.2 Å². The molecule has 0 spiro atoms. The zero-order valence-electron chi connectivity index (χ0n) is 15.2. The van der Waals surface area contributed by atoms with Gasteiger partial charge in [0.1, 0.15) is 0 Å². The molecule has 0 aromatic carbocycles. The summed E-state index contributed by atoms with van der Waals surface area (Å²) >= 11 is 0. The van der Waals surface area contributed by atoms with Gasteiger partial charge in [-0.2, -0.15) is 0 Å². The van der Waals surface area contributed by atoms with Gasteiger partial charge in [0.2, 0.25) is 0 Å². The van der Waals surface area contributed by atoms with Gasteiger partial charge in [-0.1, -0.05) is 0 Å². The second-order valence-corrected chi connectivity index (χ2v) is 10.8. The maximum absolute atomic E-state index is 9.46. The molecule has 0 bridgehead atoms. The predicted molar refractivity (Wildman–Crippen MR) is 103 cm³/mol. The van der Waals surface area contributed by atoms with E-state index in [4.69, 9.17) is 9.42 Å². The van der Waals surface area contributed by atoms with E-state index in [1.165, 1.54) is 44.1 Å². The van der Waals surface area contributed by atoms with Gasteiger partial charge in [-0.15, -0.1) is 0 Å². The van der Waals surface area contributed by atoms with Crippen LogP contribution in [0.25, 0.3) is 0 Å². The predicted octanol–water partition coefficient (Wildman–Crippen LogP) is 4.41. The van der Waals surface area contributed by atoms with Crippen LogP contribution >= 0.6 is 17.2 Å². The average Bonchev–Trinajstić information content (AvgIpc) is 2.54. The third kappa shape index (κ3) is 4.71. The molecule has 3 N–H and O–H groups in total. The van der Waals surface area contributed by atoms with E-state index in [1.54, 1.807) is 5.57 Å². The number of rotatable bonds is 5. The summed E-state index contributed by atoms with van der Waals surface area (Å²) in [5, 5.41) is 0. The Balaban J connectivity index is 1.63. The fourth-order valence-electron chi connectivity index (χ4n) is 5.35. The standard InChI is InChI=1S/C18H32O5P2/c1-18(2)10-3-4-16-15-7-5-13(12-14(15)6-8-17(16)18)9-11-22-25(20,21)23-24-19/h9,12,15-17,19-21,24-25H,3-8,10-11H2,1-2H3/b13-9-/t15-,16?,17+/m1/s1. The molecule has 25 heavy (non-hydrogen) atoms. The molecule has 2 saturated carbocycles. The van der Waals surface area contributed by atoms with E-state index in [0.29, 0.717) is 5.41 Å². The van der Waals surface area contributed by atoms with Crippen LogP contribution in [0, 0.1) is 23.2 Å². The number of allylic oxidation sites excluding steroid dienone is 3. The zero-order valence-corrected chi connectivity index (χ0v) is 17.2. The van der Waals surface area contributed by atoms with E-state index in [2.05, 4.69) is 24.2 Å². The first kappa shape index (κ1) is 19.9. The van der Waals surface area contributed by atoms with Crippen molar-refractivity contribution in [1.29, 1.82) is 0 Å². The summed E-state index contributed by atoms with van der Waals surface area (Å²) in [6, 6.07) is 0. The van der Waals surface area contributed by atoms with Crippen molar-refractivity contribution >= 4 is 17.2 Å². The molecule has 0 aliphatic heterocycles. The first-order valence-electron chi connectivity index (χ1n) is 9.38. The minimum absolute atomic E-state index is 0.104. The molecule has 144 valence electrons. The molecule has 0 aromatic rings. The van der Waals surface area contributed by atoms with Crippen molar-refractivity contribution in [1.82, 2.24) is 0 Å². The van der Waals surface area contributed by atoms with Crippen LogP contribution in [-0.4, -0.2) is 21.3 Å². The summed E-state index contributed by atoms with van der Waals surface area (Å²) in [7, 11) is -5.14. The van der Waals surface area contributed by atoms with Crippen LogP contribution in [0.5, 0.6) is 0 Å². The van der Waals surface area contributed by atoms with Crippen molar-refractivity contribution in [2.75, 3.05) is 6.61 Å². The van der Waals surface area contributed by atoms with Crippen molar-refractivity contribution in [3.8, 4) is 0 Å². The van der Waals surface area contributed by atoms with Gasteiger partial charge in [-0.3, -0.25) is 0 Å². The Hall–Kier alpha value is 0.140. The van der Waals surface area contributed by atoms with Crippen molar-refractivity contribution in [2.45, 2.75) is 58.8 Å². The third-order valence-corrected chi connectivity index (χ3v) is 8.50. The first-order valence-corrected chi connectivity index (χ1v) is 11.9. The molecule has 3 rings (SSSR count). The average molecular weight is 390 g/mol. The molecule has 0 saturated heterocycles. The molecule has 0 heterocycles. The summed E-state index contributed by atoms with van der Waals surface area (Å²) in [5.41, 5.74) is 3.29. The van der Waals surface area contributed by atoms with Crippen LogP contribution in [0.1, 0.15) is 58.8 Å². The van der Waals surface area contributed by atoms with Crippen LogP contribution in [0.3, 0.4) is 0 Å². The van der Waals surface area contributed by atoms with E-state index < -0.39 is 17.2 Å². The first-order chi connectivity index (χ1) is 11.8. The maximum atomic E-state index is 9.46. The number of hydrogen-bond donors (Lipinski definition) is 3. The van der Waals surface area contributed by atoms with Crippen molar-refractivity contribution in [3.63, 3.8) is 0 Å². The molecule has 2 unspecified atom stereocenters. The van der Waals surface area contributed by atoms with Gasteiger partial charge in [0.15, 0.2) is 0 Å². The second kappa shape index (κ2) is 8.02. The summed E-state index contributed by atoms with van der Waals surface area (Å²) in [5.74, 6) is 2.44. The summed E-state index contributed by atoms with van der Waals surface area (Å²) in [4.78, 5) is 27.6. The number of hydrogen-bond acceptors (Lipinski definition) is 5. The Kier molecular flexibility index (Phi) is 6.38. The van der Waals surface area contributed by atoms with Crippen molar-refractivity contribution in [3.05, 3.63) is 23.3 Å². The molecule has 5 nitrogen and oxygen atoms in total. The fourth-order valence-corrected chi connectivity index (χ4v) is 6.36. The van der Waals surface area contributed by atoms with Crippen LogP contribution in [0.2, 0.25) is 0 Å². The van der Waals surface area contributed by atoms with Gasteiger partial charge in [0.25, 0.3) is 0 Å². The zero-order chi connectivity index (χ0) is 18.1. The van der Waals surface area contributed by atoms with Gasteiger partial charge < -0.3 is 0 Å². The Morgan fingerprint density at radius 1 is 1.28 bits per heavy atom. The molecule has 4 atom stereocenters. The van der Waals surface area contributed by atoms with E-state index in [9.17, 15) is 9.79 Å². The molecule has 2 fully saturated rings. The van der Waals surface area contributed by atoms with Crippen molar-refractivity contribution in [2.24, 2.45) is 23.2 Å². The van der Waals surface area contributed by atoms with Crippen molar-refractivity contribution < 1.29 is 23.5 Å². The molecule has 7 heteroatoms. The normalized spacial score (nSPS) is 34.7. The van der Waals surface area contributed by atoms with E-state index in [0.717, 1.165) is 24.2 Å². The van der Waals surface area contributed by atoms with Crippen LogP contribution in [0.4, 0.5) is 0 Å². The minimum atomic E-state index is -4.16. The molecule has 0 aromatic heterocycles.